The predicted octanol–water partition coefficient (Wildman–Crippen LogP) is 1.12. The summed E-state index contributed by atoms with van der Waals surface area (Å²) in [5.74, 6) is -1.16. The van der Waals surface area contributed by atoms with E-state index in [-0.39, 0.29) is 6.42 Å². The van der Waals surface area contributed by atoms with Gasteiger partial charge in [0.1, 0.15) is 6.04 Å². The van der Waals surface area contributed by atoms with Crippen LogP contribution in [-0.4, -0.2) is 28.9 Å². The maximum absolute atomic E-state index is 11.5. The Bertz CT molecular complexity index is 469. The zero-order valence-corrected chi connectivity index (χ0v) is 9.25. The van der Waals surface area contributed by atoms with Gasteiger partial charge in [-0.25, -0.2) is 14.5 Å². The Balaban J connectivity index is 2.21. The second kappa shape index (κ2) is 4.37. The summed E-state index contributed by atoms with van der Waals surface area (Å²) in [7, 11) is 0. The number of nitrogens with zero attached hydrogens (tertiary/aromatic N) is 1. The fraction of sp³-hybridized carbons (Fsp3) is 0.250. The van der Waals surface area contributed by atoms with Crippen LogP contribution in [0.1, 0.15) is 12.5 Å². The van der Waals surface area contributed by atoms with Crippen LogP contribution < -0.4 is 0 Å². The number of hydrogen-bond acceptors (Lipinski definition) is 4. The molecule has 1 fully saturated rings. The van der Waals surface area contributed by atoms with Crippen molar-refractivity contribution in [2.75, 3.05) is 0 Å². The Morgan fingerprint density at radius 3 is 2.53 bits per heavy atom. The zero-order valence-electron chi connectivity index (χ0n) is 9.25. The zero-order chi connectivity index (χ0) is 12.4. The number of imide groups is 1. The summed E-state index contributed by atoms with van der Waals surface area (Å²) in [5, 5.41) is 0. The van der Waals surface area contributed by atoms with Crippen molar-refractivity contribution in [2.24, 2.45) is 0 Å². The fourth-order valence-electron chi connectivity index (χ4n) is 1.80. The van der Waals surface area contributed by atoms with E-state index in [0.29, 0.717) is 0 Å². The number of hydrogen-bond donors (Lipinski definition) is 0. The molecule has 2 amide bonds. The van der Waals surface area contributed by atoms with E-state index >= 15 is 0 Å². The van der Waals surface area contributed by atoms with Gasteiger partial charge in [-0.2, -0.15) is 0 Å². The minimum Gasteiger partial charge on any atom is -0.374 e. The smallest absolute Gasteiger partial charge is 0.374 e. The van der Waals surface area contributed by atoms with Crippen LogP contribution in [0.3, 0.4) is 0 Å². The van der Waals surface area contributed by atoms with Crippen molar-refractivity contribution < 1.29 is 19.1 Å². The number of ether oxygens (including phenoxy) is 1. The number of cyclic esters (lactones) is 2. The normalized spacial score (nSPS) is 19.4. The molecule has 1 aromatic rings. The van der Waals surface area contributed by atoms with Crippen LogP contribution in [0.25, 0.3) is 0 Å². The van der Waals surface area contributed by atoms with E-state index in [2.05, 4.69) is 4.74 Å². The molecule has 0 saturated carbocycles. The first-order chi connectivity index (χ1) is 8.09. The van der Waals surface area contributed by atoms with E-state index in [9.17, 15) is 14.4 Å². The predicted molar refractivity (Wildman–Crippen MR) is 57.9 cm³/mol. The molecule has 1 aliphatic rings. The number of rotatable bonds is 2. The van der Waals surface area contributed by atoms with Crippen LogP contribution in [0.5, 0.6) is 0 Å². The molecule has 0 bridgehead atoms. The second-order valence-electron chi connectivity index (χ2n) is 3.78. The van der Waals surface area contributed by atoms with Crippen LogP contribution in [0.4, 0.5) is 4.79 Å². The summed E-state index contributed by atoms with van der Waals surface area (Å²) in [5.41, 5.74) is 0.871. The Hall–Kier alpha value is -2.17. The van der Waals surface area contributed by atoms with Crippen molar-refractivity contribution in [1.29, 1.82) is 0 Å². The van der Waals surface area contributed by atoms with Gasteiger partial charge in [-0.05, 0) is 5.56 Å². The molecule has 0 radical (unpaired) electrons. The van der Waals surface area contributed by atoms with Crippen LogP contribution in [-0.2, 0) is 20.7 Å². The molecule has 5 nitrogen and oxygen atoms in total. The van der Waals surface area contributed by atoms with Crippen LogP contribution in [0.15, 0.2) is 30.3 Å². The molecule has 2 rings (SSSR count). The van der Waals surface area contributed by atoms with E-state index in [4.69, 9.17) is 0 Å². The van der Waals surface area contributed by atoms with Gasteiger partial charge in [0, 0.05) is 13.3 Å². The van der Waals surface area contributed by atoms with Gasteiger partial charge >= 0.3 is 12.1 Å². The highest BCUT2D eigenvalue weighted by Gasteiger charge is 2.43. The van der Waals surface area contributed by atoms with Crippen LogP contribution in [0.2, 0.25) is 0 Å². The standard InChI is InChI=1S/C12H11NO4/c1-8(14)13-10(11(15)17-12(13)16)7-9-5-3-2-4-6-9/h2-6,10H,7H2,1H3. The Morgan fingerprint density at radius 2 is 1.94 bits per heavy atom. The Kier molecular flexibility index (Phi) is 2.91. The molecule has 17 heavy (non-hydrogen) atoms. The van der Waals surface area contributed by atoms with Gasteiger partial charge in [0.25, 0.3) is 0 Å². The maximum Gasteiger partial charge on any atom is 0.425 e. The van der Waals surface area contributed by atoms with Crippen molar-refractivity contribution in [1.82, 2.24) is 4.90 Å². The van der Waals surface area contributed by atoms with E-state index in [1.54, 1.807) is 0 Å². The van der Waals surface area contributed by atoms with E-state index in [0.717, 1.165) is 10.5 Å². The number of esters is 1. The van der Waals surface area contributed by atoms with E-state index in [1.807, 2.05) is 30.3 Å². The summed E-state index contributed by atoms with van der Waals surface area (Å²) in [4.78, 5) is 34.9. The van der Waals surface area contributed by atoms with Crippen LogP contribution in [0, 0.1) is 0 Å². The highest BCUT2D eigenvalue weighted by atomic mass is 16.6. The average molecular weight is 233 g/mol. The summed E-state index contributed by atoms with van der Waals surface area (Å²) >= 11 is 0. The van der Waals surface area contributed by atoms with Crippen molar-refractivity contribution in [3.05, 3.63) is 35.9 Å². The van der Waals surface area contributed by atoms with Crippen molar-refractivity contribution >= 4 is 18.0 Å². The summed E-state index contributed by atoms with van der Waals surface area (Å²) < 4.78 is 4.45. The molecule has 0 spiro atoms. The lowest BCUT2D eigenvalue weighted by Crippen LogP contribution is -2.40. The van der Waals surface area contributed by atoms with E-state index in [1.165, 1.54) is 6.92 Å². The van der Waals surface area contributed by atoms with Gasteiger partial charge in [0.2, 0.25) is 5.91 Å². The molecule has 0 aromatic heterocycles. The molecule has 1 atom stereocenters. The molecule has 5 heteroatoms. The quantitative estimate of drug-likeness (QED) is 0.567. The molecular formula is C12H11NO4. The van der Waals surface area contributed by atoms with Gasteiger partial charge in [0.15, 0.2) is 0 Å². The average Bonchev–Trinajstić information content (AvgIpc) is 2.55. The van der Waals surface area contributed by atoms with Gasteiger partial charge in [-0.15, -0.1) is 0 Å². The second-order valence-corrected chi connectivity index (χ2v) is 3.78. The lowest BCUT2D eigenvalue weighted by Gasteiger charge is -2.15. The lowest BCUT2D eigenvalue weighted by atomic mass is 10.1. The van der Waals surface area contributed by atoms with Gasteiger partial charge in [-0.1, -0.05) is 30.3 Å². The molecular weight excluding hydrogens is 222 g/mol. The molecule has 1 unspecified atom stereocenters. The first kappa shape index (κ1) is 11.3. The largest absolute Gasteiger partial charge is 0.425 e. The third-order valence-electron chi connectivity index (χ3n) is 2.58. The number of benzene rings is 1. The molecule has 88 valence electrons. The minimum absolute atomic E-state index is 0.283. The van der Waals surface area contributed by atoms with Crippen molar-refractivity contribution in [3.63, 3.8) is 0 Å². The molecule has 1 saturated heterocycles. The number of carbonyl (C=O) groups is 3. The molecule has 1 heterocycles. The summed E-state index contributed by atoms with van der Waals surface area (Å²) in [6.45, 7) is 1.23. The molecule has 1 aromatic carbocycles. The molecule has 0 aliphatic carbocycles. The Morgan fingerprint density at radius 1 is 1.29 bits per heavy atom. The van der Waals surface area contributed by atoms with Crippen molar-refractivity contribution in [3.8, 4) is 0 Å². The fourth-order valence-corrected chi connectivity index (χ4v) is 1.80. The first-order valence-corrected chi connectivity index (χ1v) is 5.19. The Labute approximate surface area is 98.0 Å². The summed E-state index contributed by atoms with van der Waals surface area (Å²) in [6.07, 6.45) is -0.603. The number of amides is 2. The van der Waals surface area contributed by atoms with Gasteiger partial charge in [0.05, 0.1) is 0 Å². The number of carbonyl (C=O) groups excluding carboxylic acids is 3. The highest BCUT2D eigenvalue weighted by Crippen LogP contribution is 2.18. The lowest BCUT2D eigenvalue weighted by molar-refractivity contribution is -0.137. The monoisotopic (exact) mass is 233 g/mol. The topological polar surface area (TPSA) is 63.7 Å². The van der Waals surface area contributed by atoms with Crippen LogP contribution >= 0.6 is 0 Å². The van der Waals surface area contributed by atoms with Crippen molar-refractivity contribution in [2.45, 2.75) is 19.4 Å². The van der Waals surface area contributed by atoms with Gasteiger partial charge < -0.3 is 4.74 Å². The maximum atomic E-state index is 11.5. The third kappa shape index (κ3) is 2.18. The minimum atomic E-state index is -0.886. The molecule has 1 aliphatic heterocycles. The SMILES string of the molecule is CC(=O)N1C(=O)OC(=O)C1Cc1ccccc1. The van der Waals surface area contributed by atoms with E-state index < -0.39 is 24.0 Å². The third-order valence-corrected chi connectivity index (χ3v) is 2.58. The molecule has 0 N–H and O–H groups in total. The summed E-state index contributed by atoms with van der Waals surface area (Å²) in [6, 6.07) is 8.32. The van der Waals surface area contributed by atoms with Gasteiger partial charge in [-0.3, -0.25) is 4.79 Å². The first-order valence-electron chi connectivity index (χ1n) is 5.19. The highest BCUT2D eigenvalue weighted by molar-refractivity contribution is 6.05.